The van der Waals surface area contributed by atoms with Crippen molar-refractivity contribution in [1.82, 2.24) is 0 Å². The van der Waals surface area contributed by atoms with Crippen LogP contribution in [0.4, 0.5) is 0 Å². The van der Waals surface area contributed by atoms with E-state index >= 15 is 0 Å². The molecule has 0 aromatic rings. The van der Waals surface area contributed by atoms with Crippen LogP contribution < -0.4 is 0 Å². The zero-order valence-corrected chi connectivity index (χ0v) is 29.4. The van der Waals surface area contributed by atoms with Gasteiger partial charge < -0.3 is 37.9 Å². The third-order valence-electron chi connectivity index (χ3n) is 4.82. The Bertz CT molecular complexity index is 639. The molecule has 0 heterocycles. The van der Waals surface area contributed by atoms with Crippen molar-refractivity contribution in [3.63, 3.8) is 0 Å². The number of hydrogen-bond donors (Lipinski definition) is 0. The number of methoxy groups -OCH3 is 2. The molecular weight excluding hydrogens is 576 g/mol. The van der Waals surface area contributed by atoms with Gasteiger partial charge in [-0.2, -0.15) is 0 Å². The minimum atomic E-state index is -0.327. The number of carbonyl (C=O) groups excluding carboxylic acids is 4. The summed E-state index contributed by atoms with van der Waals surface area (Å²) in [5.41, 5.74) is 0. The van der Waals surface area contributed by atoms with Gasteiger partial charge in [0.1, 0.15) is 26.4 Å². The molecule has 0 aliphatic carbocycles. The highest BCUT2D eigenvalue weighted by Gasteiger charge is 2.03. The highest BCUT2D eigenvalue weighted by atomic mass is 16.6. The standard InChI is InChI=1S/C11H22O3.C10H20O3.C6H12O3.C5H10O3/c1-4-7-13-9-11(12)14-8-5-6-10(2)3;1-4-12-8-10(11)13-7-5-6-9(2)3;1-3-4-9-5-6(7)8-2;1-3-8-4-5(6)7-2/h10H,4-9H2,1-3H3;9H,4-8H2,1-3H3;3-5H2,1-2H3;3-4H2,1-2H3. The van der Waals surface area contributed by atoms with Crippen LogP contribution in [-0.4, -0.2) is 104 Å². The Morgan fingerprint density at radius 2 is 0.795 bits per heavy atom. The molecule has 0 bridgehead atoms. The molecule has 0 unspecified atom stereocenters. The normalized spacial score (nSPS) is 9.91. The first-order valence-electron chi connectivity index (χ1n) is 15.7. The zero-order valence-electron chi connectivity index (χ0n) is 29.4. The van der Waals surface area contributed by atoms with Crippen LogP contribution >= 0.6 is 0 Å². The number of rotatable bonds is 22. The van der Waals surface area contributed by atoms with Crippen LogP contribution in [0, 0.1) is 11.8 Å². The highest BCUT2D eigenvalue weighted by molar-refractivity contribution is 5.71. The van der Waals surface area contributed by atoms with Crippen LogP contribution in [0.5, 0.6) is 0 Å². The maximum absolute atomic E-state index is 11.0. The van der Waals surface area contributed by atoms with Gasteiger partial charge in [0, 0.05) is 26.4 Å². The average Bonchev–Trinajstić information content (AvgIpc) is 3.00. The lowest BCUT2D eigenvalue weighted by molar-refractivity contribution is -0.149. The van der Waals surface area contributed by atoms with Crippen LogP contribution in [0.1, 0.15) is 93.9 Å². The second-order valence-corrected chi connectivity index (χ2v) is 10.0. The van der Waals surface area contributed by atoms with Crippen molar-refractivity contribution in [3.8, 4) is 0 Å². The SMILES string of the molecule is CCCOCC(=O)OC.CCCOCC(=O)OCCCC(C)C.CCOCC(=O)OC.CCOCC(=O)OCCCC(C)C. The van der Waals surface area contributed by atoms with Gasteiger partial charge >= 0.3 is 23.9 Å². The second kappa shape index (κ2) is 40.7. The Hall–Kier alpha value is -2.28. The quantitative estimate of drug-likeness (QED) is 0.0874. The topological polar surface area (TPSA) is 142 Å². The van der Waals surface area contributed by atoms with Crippen molar-refractivity contribution in [2.75, 3.05) is 80.3 Å². The Kier molecular flexibility index (Phi) is 45.0. The van der Waals surface area contributed by atoms with Crippen molar-refractivity contribution in [2.45, 2.75) is 93.9 Å². The van der Waals surface area contributed by atoms with Crippen LogP contribution in [0.25, 0.3) is 0 Å². The first-order chi connectivity index (χ1) is 20.9. The summed E-state index contributed by atoms with van der Waals surface area (Å²) >= 11 is 0. The summed E-state index contributed by atoms with van der Waals surface area (Å²) in [6, 6.07) is 0. The van der Waals surface area contributed by atoms with Gasteiger partial charge in [-0.25, -0.2) is 19.2 Å². The fraction of sp³-hybridized carbons (Fsp3) is 0.875. The predicted molar refractivity (Wildman–Crippen MR) is 169 cm³/mol. The maximum atomic E-state index is 11.0. The second-order valence-electron chi connectivity index (χ2n) is 10.0. The summed E-state index contributed by atoms with van der Waals surface area (Å²) in [5, 5.41) is 0. The third kappa shape index (κ3) is 52.4. The van der Waals surface area contributed by atoms with Gasteiger partial charge in [0.2, 0.25) is 0 Å². The first-order valence-corrected chi connectivity index (χ1v) is 15.7. The maximum Gasteiger partial charge on any atom is 0.332 e. The van der Waals surface area contributed by atoms with Gasteiger partial charge in [0.05, 0.1) is 27.4 Å². The molecule has 0 amide bonds. The Morgan fingerprint density at radius 1 is 0.477 bits per heavy atom. The number of esters is 4. The highest BCUT2D eigenvalue weighted by Crippen LogP contribution is 2.04. The smallest absolute Gasteiger partial charge is 0.332 e. The molecule has 0 radical (unpaired) electrons. The van der Waals surface area contributed by atoms with E-state index < -0.39 is 0 Å². The summed E-state index contributed by atoms with van der Waals surface area (Å²) in [6.45, 7) is 20.0. The molecule has 0 atom stereocenters. The van der Waals surface area contributed by atoms with Crippen LogP contribution in [0.3, 0.4) is 0 Å². The van der Waals surface area contributed by atoms with Crippen molar-refractivity contribution in [1.29, 1.82) is 0 Å². The van der Waals surface area contributed by atoms with E-state index in [1.807, 2.05) is 27.7 Å². The van der Waals surface area contributed by atoms with E-state index in [2.05, 4.69) is 37.2 Å². The van der Waals surface area contributed by atoms with Gasteiger partial charge in [-0.1, -0.05) is 41.5 Å². The van der Waals surface area contributed by atoms with E-state index in [1.54, 1.807) is 0 Å². The number of carbonyl (C=O) groups is 4. The fourth-order valence-corrected chi connectivity index (χ4v) is 2.53. The van der Waals surface area contributed by atoms with E-state index in [0.717, 1.165) is 38.5 Å². The minimum absolute atomic E-state index is 0.0625. The Balaban J connectivity index is -0.000000249. The lowest BCUT2D eigenvalue weighted by atomic mass is 10.1. The van der Waals surface area contributed by atoms with E-state index in [1.165, 1.54) is 14.2 Å². The summed E-state index contributed by atoms with van der Waals surface area (Å²) in [7, 11) is 2.68. The molecule has 0 N–H and O–H groups in total. The molecule has 0 aliphatic heterocycles. The molecule has 0 aliphatic rings. The molecule has 264 valence electrons. The Labute approximate surface area is 267 Å². The molecule has 0 saturated heterocycles. The van der Waals surface area contributed by atoms with Gasteiger partial charge in [-0.05, 0) is 64.2 Å². The predicted octanol–water partition coefficient (Wildman–Crippen LogP) is 5.18. The summed E-state index contributed by atoms with van der Waals surface area (Å²) in [5.74, 6) is 0.193. The van der Waals surface area contributed by atoms with Crippen molar-refractivity contribution in [2.24, 2.45) is 11.8 Å². The average molecular weight is 641 g/mol. The van der Waals surface area contributed by atoms with Crippen molar-refractivity contribution < 1.29 is 57.1 Å². The molecule has 44 heavy (non-hydrogen) atoms. The molecule has 12 heteroatoms. The van der Waals surface area contributed by atoms with Gasteiger partial charge in [-0.3, -0.25) is 0 Å². The van der Waals surface area contributed by atoms with E-state index in [-0.39, 0.29) is 50.3 Å². The molecule has 0 fully saturated rings. The lowest BCUT2D eigenvalue weighted by Crippen LogP contribution is -2.14. The van der Waals surface area contributed by atoms with E-state index in [9.17, 15) is 19.2 Å². The summed E-state index contributed by atoms with van der Waals surface area (Å²) < 4.78 is 38.0. The molecule has 0 aromatic carbocycles. The molecular formula is C32H64O12. The molecule has 0 saturated carbocycles. The fourth-order valence-electron chi connectivity index (χ4n) is 2.53. The zero-order chi connectivity index (χ0) is 34.4. The van der Waals surface area contributed by atoms with Crippen LogP contribution in [0.2, 0.25) is 0 Å². The van der Waals surface area contributed by atoms with Crippen LogP contribution in [0.15, 0.2) is 0 Å². The summed E-state index contributed by atoms with van der Waals surface area (Å²) in [6.07, 6.45) is 5.94. The van der Waals surface area contributed by atoms with Crippen molar-refractivity contribution in [3.05, 3.63) is 0 Å². The molecule has 0 rings (SSSR count). The molecule has 0 spiro atoms. The first kappa shape index (κ1) is 48.6. The van der Waals surface area contributed by atoms with E-state index in [0.29, 0.717) is 51.5 Å². The molecule has 12 nitrogen and oxygen atoms in total. The number of hydrogen-bond acceptors (Lipinski definition) is 12. The van der Waals surface area contributed by atoms with Gasteiger partial charge in [0.25, 0.3) is 0 Å². The monoisotopic (exact) mass is 640 g/mol. The van der Waals surface area contributed by atoms with Gasteiger partial charge in [0.15, 0.2) is 0 Å². The van der Waals surface area contributed by atoms with Crippen LogP contribution in [-0.2, 0) is 57.1 Å². The number of ether oxygens (including phenoxy) is 8. The largest absolute Gasteiger partial charge is 0.467 e. The third-order valence-corrected chi connectivity index (χ3v) is 4.82. The Morgan fingerprint density at radius 3 is 1.09 bits per heavy atom. The minimum Gasteiger partial charge on any atom is -0.467 e. The van der Waals surface area contributed by atoms with Gasteiger partial charge in [-0.15, -0.1) is 0 Å². The molecule has 0 aromatic heterocycles. The summed E-state index contributed by atoms with van der Waals surface area (Å²) in [4.78, 5) is 42.5. The lowest BCUT2D eigenvalue weighted by Gasteiger charge is -2.06. The van der Waals surface area contributed by atoms with E-state index in [4.69, 9.17) is 28.4 Å². The van der Waals surface area contributed by atoms with Crippen molar-refractivity contribution >= 4 is 23.9 Å².